The highest BCUT2D eigenvalue weighted by Gasteiger charge is 2.31. The van der Waals surface area contributed by atoms with Crippen LogP contribution in [0.4, 0.5) is 0 Å². The summed E-state index contributed by atoms with van der Waals surface area (Å²) in [6.07, 6.45) is 2.19. The van der Waals surface area contributed by atoms with Crippen molar-refractivity contribution in [1.29, 1.82) is 0 Å². The van der Waals surface area contributed by atoms with Gasteiger partial charge in [-0.2, -0.15) is 0 Å². The fourth-order valence-corrected chi connectivity index (χ4v) is 4.23. The number of amides is 3. The lowest BCUT2D eigenvalue weighted by Gasteiger charge is -2.14. The minimum atomic E-state index is -0.434. The molecule has 8 nitrogen and oxygen atoms in total. The molecule has 33 heavy (non-hydrogen) atoms. The molecule has 0 saturated carbocycles. The zero-order valence-electron chi connectivity index (χ0n) is 17.7. The number of ether oxygens (including phenoxy) is 1. The molecule has 1 aliphatic heterocycles. The molecule has 10 heteroatoms. The van der Waals surface area contributed by atoms with Crippen LogP contribution in [0.5, 0.6) is 0 Å². The number of benzene rings is 2. The smallest absolute Gasteiger partial charge is 0.337 e. The van der Waals surface area contributed by atoms with E-state index in [0.29, 0.717) is 26.8 Å². The van der Waals surface area contributed by atoms with Crippen molar-refractivity contribution >= 4 is 58.1 Å². The number of hydrazine groups is 1. The summed E-state index contributed by atoms with van der Waals surface area (Å²) in [6.45, 7) is 0.281. The average Bonchev–Trinajstić information content (AvgIpc) is 3.10. The molecule has 1 heterocycles. The molecule has 0 radical (unpaired) electrons. The summed E-state index contributed by atoms with van der Waals surface area (Å²) in [4.78, 5) is 50.1. The Kier molecular flexibility index (Phi) is 8.34. The van der Waals surface area contributed by atoms with Crippen LogP contribution < -0.4 is 10.9 Å². The number of thioether (sulfide) groups is 1. The van der Waals surface area contributed by atoms with E-state index in [9.17, 15) is 19.2 Å². The molecule has 2 N–H and O–H groups in total. The summed E-state index contributed by atoms with van der Waals surface area (Å²) in [5, 5.41) is 0. The van der Waals surface area contributed by atoms with Crippen molar-refractivity contribution in [2.75, 3.05) is 13.7 Å². The number of carbonyl (C=O) groups is 4. The van der Waals surface area contributed by atoms with Crippen molar-refractivity contribution < 1.29 is 23.9 Å². The quantitative estimate of drug-likeness (QED) is 0.270. The Bertz CT molecular complexity index is 1100. The Labute approximate surface area is 200 Å². The molecule has 0 bridgehead atoms. The lowest BCUT2D eigenvalue weighted by atomic mass is 10.1. The van der Waals surface area contributed by atoms with E-state index in [1.54, 1.807) is 60.7 Å². The van der Waals surface area contributed by atoms with E-state index in [1.807, 2.05) is 0 Å². The van der Waals surface area contributed by atoms with E-state index in [0.717, 1.165) is 5.56 Å². The van der Waals surface area contributed by atoms with Gasteiger partial charge in [0.05, 0.1) is 17.6 Å². The number of hydrogen-bond donors (Lipinski definition) is 2. The zero-order valence-corrected chi connectivity index (χ0v) is 19.3. The highest BCUT2D eigenvalue weighted by atomic mass is 32.2. The molecule has 2 aromatic rings. The van der Waals surface area contributed by atoms with Gasteiger partial charge in [-0.05, 0) is 42.3 Å². The van der Waals surface area contributed by atoms with E-state index < -0.39 is 11.9 Å². The largest absolute Gasteiger partial charge is 0.465 e. The van der Waals surface area contributed by atoms with Gasteiger partial charge in [-0.15, -0.1) is 0 Å². The summed E-state index contributed by atoms with van der Waals surface area (Å²) in [5.41, 5.74) is 6.32. The SMILES string of the molecule is COC(=O)c1ccc(/C=C2\SC(=S)N(CCCC(=O)NNC(=O)c3ccccc3)C2=O)cc1. The number of thiocarbonyl (C=S) groups is 1. The van der Waals surface area contributed by atoms with Gasteiger partial charge in [-0.25, -0.2) is 4.79 Å². The molecule has 0 atom stereocenters. The van der Waals surface area contributed by atoms with Crippen LogP contribution in [0.25, 0.3) is 6.08 Å². The third-order valence-electron chi connectivity index (χ3n) is 4.64. The highest BCUT2D eigenvalue weighted by Crippen LogP contribution is 2.32. The lowest BCUT2D eigenvalue weighted by Crippen LogP contribution is -2.41. The molecule has 0 aromatic heterocycles. The van der Waals surface area contributed by atoms with Crippen LogP contribution in [0.1, 0.15) is 39.1 Å². The highest BCUT2D eigenvalue weighted by molar-refractivity contribution is 8.26. The molecule has 0 spiro atoms. The van der Waals surface area contributed by atoms with Crippen molar-refractivity contribution in [3.8, 4) is 0 Å². The number of esters is 1. The topological polar surface area (TPSA) is 105 Å². The summed E-state index contributed by atoms with van der Waals surface area (Å²) < 4.78 is 5.08. The predicted molar refractivity (Wildman–Crippen MR) is 129 cm³/mol. The molecule has 1 fully saturated rings. The average molecular weight is 484 g/mol. The number of nitrogens with zero attached hydrogens (tertiary/aromatic N) is 1. The second-order valence-electron chi connectivity index (χ2n) is 6.92. The first-order valence-electron chi connectivity index (χ1n) is 9.97. The number of nitrogens with one attached hydrogen (secondary N) is 2. The normalized spacial score (nSPS) is 14.3. The third kappa shape index (κ3) is 6.50. The van der Waals surface area contributed by atoms with Crippen LogP contribution in [-0.4, -0.2) is 46.6 Å². The summed E-state index contributed by atoms with van der Waals surface area (Å²) in [5.74, 6) is -1.45. The standard InChI is InChI=1S/C23H21N3O5S2/c1-31-22(30)17-11-9-15(10-12-17)14-18-21(29)26(23(32)33-18)13-5-8-19(27)24-25-20(28)16-6-3-2-4-7-16/h2-4,6-7,9-12,14H,5,8,13H2,1H3,(H,24,27)(H,25,28)/b18-14-. The van der Waals surface area contributed by atoms with Crippen LogP contribution in [0.3, 0.4) is 0 Å². The lowest BCUT2D eigenvalue weighted by molar-refractivity contribution is -0.124. The third-order valence-corrected chi connectivity index (χ3v) is 6.02. The Morgan fingerprint density at radius 3 is 2.39 bits per heavy atom. The fraction of sp³-hybridized carbons (Fsp3) is 0.174. The van der Waals surface area contributed by atoms with Gasteiger partial charge < -0.3 is 4.74 Å². The molecule has 3 rings (SSSR count). The number of hydrogen-bond acceptors (Lipinski definition) is 7. The second-order valence-corrected chi connectivity index (χ2v) is 8.59. The monoisotopic (exact) mass is 483 g/mol. The zero-order chi connectivity index (χ0) is 23.8. The molecule has 0 aliphatic carbocycles. The predicted octanol–water partition coefficient (Wildman–Crippen LogP) is 2.92. The van der Waals surface area contributed by atoms with E-state index in [2.05, 4.69) is 15.6 Å². The van der Waals surface area contributed by atoms with Crippen LogP contribution in [0.15, 0.2) is 59.5 Å². The van der Waals surface area contributed by atoms with Crippen molar-refractivity contribution in [2.24, 2.45) is 0 Å². The van der Waals surface area contributed by atoms with Gasteiger partial charge >= 0.3 is 5.97 Å². The summed E-state index contributed by atoms with van der Waals surface area (Å²) in [6, 6.07) is 15.2. The Morgan fingerprint density at radius 1 is 1.03 bits per heavy atom. The van der Waals surface area contributed by atoms with E-state index >= 15 is 0 Å². The number of rotatable bonds is 7. The van der Waals surface area contributed by atoms with E-state index in [4.69, 9.17) is 12.2 Å². The molecule has 1 aliphatic rings. The second kappa shape index (κ2) is 11.4. The van der Waals surface area contributed by atoms with Crippen molar-refractivity contribution in [1.82, 2.24) is 15.8 Å². The van der Waals surface area contributed by atoms with Gasteiger partial charge in [0.1, 0.15) is 4.32 Å². The number of carbonyl (C=O) groups excluding carboxylic acids is 4. The summed E-state index contributed by atoms with van der Waals surface area (Å²) in [7, 11) is 1.31. The van der Waals surface area contributed by atoms with Crippen LogP contribution in [-0.2, 0) is 14.3 Å². The molecule has 2 aromatic carbocycles. The van der Waals surface area contributed by atoms with Gasteiger partial charge in [0.2, 0.25) is 5.91 Å². The first kappa shape index (κ1) is 24.1. The maximum Gasteiger partial charge on any atom is 0.337 e. The van der Waals surface area contributed by atoms with Crippen LogP contribution in [0, 0.1) is 0 Å². The maximum absolute atomic E-state index is 12.7. The van der Waals surface area contributed by atoms with Gasteiger partial charge in [0, 0.05) is 18.5 Å². The van der Waals surface area contributed by atoms with Gasteiger partial charge in [0.15, 0.2) is 0 Å². The Hall–Kier alpha value is -3.50. The van der Waals surface area contributed by atoms with Crippen molar-refractivity contribution in [3.05, 3.63) is 76.2 Å². The first-order valence-corrected chi connectivity index (χ1v) is 11.2. The molecule has 0 unspecified atom stereocenters. The van der Waals surface area contributed by atoms with Crippen molar-refractivity contribution in [2.45, 2.75) is 12.8 Å². The Morgan fingerprint density at radius 2 is 1.73 bits per heavy atom. The van der Waals surface area contributed by atoms with Crippen LogP contribution >= 0.6 is 24.0 Å². The molecule has 170 valence electrons. The van der Waals surface area contributed by atoms with Gasteiger partial charge in [-0.1, -0.05) is 54.3 Å². The summed E-state index contributed by atoms with van der Waals surface area (Å²) >= 11 is 6.49. The van der Waals surface area contributed by atoms with Gasteiger partial charge in [0.25, 0.3) is 11.8 Å². The first-order chi connectivity index (χ1) is 15.9. The van der Waals surface area contributed by atoms with E-state index in [1.165, 1.54) is 23.8 Å². The minimum absolute atomic E-state index is 0.111. The number of methoxy groups -OCH3 is 1. The van der Waals surface area contributed by atoms with Crippen LogP contribution in [0.2, 0.25) is 0 Å². The molecule has 3 amide bonds. The molecular weight excluding hydrogens is 462 g/mol. The van der Waals surface area contributed by atoms with E-state index in [-0.39, 0.29) is 24.8 Å². The maximum atomic E-state index is 12.7. The molecular formula is C23H21N3O5S2. The van der Waals surface area contributed by atoms with Crippen molar-refractivity contribution in [3.63, 3.8) is 0 Å². The fourth-order valence-electron chi connectivity index (χ4n) is 2.93. The van der Waals surface area contributed by atoms with Gasteiger partial charge in [-0.3, -0.25) is 30.1 Å². The minimum Gasteiger partial charge on any atom is -0.465 e. The molecule has 1 saturated heterocycles. The Balaban J connectivity index is 1.47.